The Kier molecular flexibility index (Phi) is 6.09. The Hall–Kier alpha value is -1.13. The Balaban J connectivity index is 2.81. The van der Waals surface area contributed by atoms with E-state index in [1.54, 1.807) is 6.07 Å². The summed E-state index contributed by atoms with van der Waals surface area (Å²) in [5.74, 6) is -0.176. The Morgan fingerprint density at radius 2 is 1.94 bits per heavy atom. The van der Waals surface area contributed by atoms with E-state index < -0.39 is 0 Å². The van der Waals surface area contributed by atoms with Crippen molar-refractivity contribution in [3.63, 3.8) is 0 Å². The number of nitrogens with two attached hydrogens (primary N) is 1. The van der Waals surface area contributed by atoms with Gasteiger partial charge in [0.05, 0.1) is 5.69 Å². The molecule has 18 heavy (non-hydrogen) atoms. The summed E-state index contributed by atoms with van der Waals surface area (Å²) in [6, 6.07) is 5.12. The molecule has 3 nitrogen and oxygen atoms in total. The highest BCUT2D eigenvalue weighted by Gasteiger charge is 2.13. The third-order valence-corrected chi connectivity index (χ3v) is 3.02. The van der Waals surface area contributed by atoms with Gasteiger partial charge in [0.1, 0.15) is 5.82 Å². The van der Waals surface area contributed by atoms with Gasteiger partial charge in [0.2, 0.25) is 0 Å². The molecule has 1 rings (SSSR count). The van der Waals surface area contributed by atoms with Crippen LogP contribution in [0.1, 0.15) is 18.9 Å². The minimum atomic E-state index is -0.176. The van der Waals surface area contributed by atoms with Gasteiger partial charge in [-0.05, 0) is 45.6 Å². The van der Waals surface area contributed by atoms with Crippen LogP contribution in [-0.2, 0) is 6.54 Å². The van der Waals surface area contributed by atoms with Gasteiger partial charge in [-0.2, -0.15) is 0 Å². The van der Waals surface area contributed by atoms with Crippen LogP contribution in [0.25, 0.3) is 0 Å². The molecule has 0 unspecified atom stereocenters. The van der Waals surface area contributed by atoms with Crippen LogP contribution >= 0.6 is 0 Å². The minimum Gasteiger partial charge on any atom is -0.369 e. The van der Waals surface area contributed by atoms with Crippen molar-refractivity contribution in [3.05, 3.63) is 29.6 Å². The summed E-state index contributed by atoms with van der Waals surface area (Å²) >= 11 is 0. The summed E-state index contributed by atoms with van der Waals surface area (Å²) < 4.78 is 14.0. The third kappa shape index (κ3) is 3.96. The molecule has 0 saturated heterocycles. The summed E-state index contributed by atoms with van der Waals surface area (Å²) in [5, 5.41) is 0. The van der Waals surface area contributed by atoms with Gasteiger partial charge in [0.25, 0.3) is 0 Å². The van der Waals surface area contributed by atoms with Crippen molar-refractivity contribution in [2.75, 3.05) is 38.6 Å². The Morgan fingerprint density at radius 3 is 2.50 bits per heavy atom. The van der Waals surface area contributed by atoms with Crippen molar-refractivity contribution < 1.29 is 4.39 Å². The summed E-state index contributed by atoms with van der Waals surface area (Å²) in [6.45, 7) is 5.06. The van der Waals surface area contributed by atoms with Crippen LogP contribution in [0.15, 0.2) is 18.2 Å². The zero-order valence-corrected chi connectivity index (χ0v) is 11.6. The molecule has 0 amide bonds. The SMILES string of the molecule is CCN(CCCN(C)C)c1c(F)cccc1CN. The molecule has 0 fully saturated rings. The molecule has 0 aromatic heterocycles. The number of rotatable bonds is 7. The number of benzene rings is 1. The molecule has 0 atom stereocenters. The molecule has 0 bridgehead atoms. The lowest BCUT2D eigenvalue weighted by Crippen LogP contribution is -2.29. The first-order chi connectivity index (χ1) is 8.60. The van der Waals surface area contributed by atoms with E-state index in [1.807, 2.05) is 27.1 Å². The van der Waals surface area contributed by atoms with Crippen molar-refractivity contribution >= 4 is 5.69 Å². The van der Waals surface area contributed by atoms with E-state index >= 15 is 0 Å². The lowest BCUT2D eigenvalue weighted by atomic mass is 10.1. The molecule has 0 heterocycles. The van der Waals surface area contributed by atoms with Crippen LogP contribution in [0.3, 0.4) is 0 Å². The van der Waals surface area contributed by atoms with Crippen LogP contribution in [-0.4, -0.2) is 38.6 Å². The van der Waals surface area contributed by atoms with Crippen molar-refractivity contribution in [3.8, 4) is 0 Å². The van der Waals surface area contributed by atoms with Gasteiger partial charge < -0.3 is 15.5 Å². The van der Waals surface area contributed by atoms with Crippen LogP contribution in [0.2, 0.25) is 0 Å². The average molecular weight is 253 g/mol. The maximum atomic E-state index is 14.0. The predicted octanol–water partition coefficient (Wildman–Crippen LogP) is 2.06. The molecule has 2 N–H and O–H groups in total. The van der Waals surface area contributed by atoms with Crippen molar-refractivity contribution in [1.82, 2.24) is 4.90 Å². The smallest absolute Gasteiger partial charge is 0.146 e. The van der Waals surface area contributed by atoms with Crippen molar-refractivity contribution in [2.45, 2.75) is 19.9 Å². The molecule has 0 spiro atoms. The van der Waals surface area contributed by atoms with E-state index in [9.17, 15) is 4.39 Å². The summed E-state index contributed by atoms with van der Waals surface area (Å²) in [4.78, 5) is 4.21. The summed E-state index contributed by atoms with van der Waals surface area (Å²) in [6.07, 6.45) is 1.01. The molecule has 4 heteroatoms. The summed E-state index contributed by atoms with van der Waals surface area (Å²) in [5.41, 5.74) is 7.23. The molecule has 102 valence electrons. The maximum Gasteiger partial charge on any atom is 0.146 e. The average Bonchev–Trinajstić information content (AvgIpc) is 2.34. The molecule has 1 aromatic carbocycles. The number of hydrogen-bond donors (Lipinski definition) is 1. The van der Waals surface area contributed by atoms with Crippen molar-refractivity contribution in [1.29, 1.82) is 0 Å². The molecule has 0 saturated carbocycles. The Bertz CT molecular complexity index is 366. The van der Waals surface area contributed by atoms with E-state index in [-0.39, 0.29) is 5.82 Å². The standard InChI is InChI=1S/C14H24FN3/c1-4-18(10-6-9-17(2)3)14-12(11-16)7-5-8-13(14)15/h5,7-8H,4,6,9-11,16H2,1-3H3. The molecule has 0 aliphatic carbocycles. The number of halogens is 1. The molecule has 0 aliphatic rings. The van der Waals surface area contributed by atoms with Crippen LogP contribution in [0, 0.1) is 5.82 Å². The van der Waals surface area contributed by atoms with E-state index in [4.69, 9.17) is 5.73 Å². The van der Waals surface area contributed by atoms with Gasteiger partial charge in [-0.25, -0.2) is 4.39 Å². The quantitative estimate of drug-likeness (QED) is 0.807. The first-order valence-corrected chi connectivity index (χ1v) is 6.47. The van der Waals surface area contributed by atoms with Gasteiger partial charge >= 0.3 is 0 Å². The lowest BCUT2D eigenvalue weighted by Gasteiger charge is -2.26. The number of para-hydroxylation sites is 1. The summed E-state index contributed by atoms with van der Waals surface area (Å²) in [7, 11) is 4.09. The molecule has 0 aliphatic heterocycles. The van der Waals surface area contributed by atoms with Gasteiger partial charge in [-0.3, -0.25) is 0 Å². The number of anilines is 1. The zero-order valence-electron chi connectivity index (χ0n) is 11.6. The van der Waals surface area contributed by atoms with E-state index in [0.717, 1.165) is 31.6 Å². The fourth-order valence-electron chi connectivity index (χ4n) is 2.08. The highest BCUT2D eigenvalue weighted by atomic mass is 19.1. The largest absolute Gasteiger partial charge is 0.369 e. The maximum absolute atomic E-state index is 14.0. The topological polar surface area (TPSA) is 32.5 Å². The van der Waals surface area contributed by atoms with Crippen molar-refractivity contribution in [2.24, 2.45) is 5.73 Å². The second-order valence-electron chi connectivity index (χ2n) is 4.69. The van der Waals surface area contributed by atoms with Crippen LogP contribution < -0.4 is 10.6 Å². The lowest BCUT2D eigenvalue weighted by molar-refractivity contribution is 0.400. The Labute approximate surface area is 109 Å². The van der Waals surface area contributed by atoms with Gasteiger partial charge in [-0.15, -0.1) is 0 Å². The zero-order chi connectivity index (χ0) is 13.5. The molecular weight excluding hydrogens is 229 g/mol. The molecule has 0 radical (unpaired) electrons. The first-order valence-electron chi connectivity index (χ1n) is 6.47. The third-order valence-electron chi connectivity index (χ3n) is 3.02. The fourth-order valence-corrected chi connectivity index (χ4v) is 2.08. The highest BCUT2D eigenvalue weighted by Crippen LogP contribution is 2.24. The van der Waals surface area contributed by atoms with E-state index in [2.05, 4.69) is 9.80 Å². The van der Waals surface area contributed by atoms with Gasteiger partial charge in [0, 0.05) is 19.6 Å². The normalized spacial score (nSPS) is 11.0. The monoisotopic (exact) mass is 253 g/mol. The van der Waals surface area contributed by atoms with E-state index in [0.29, 0.717) is 12.2 Å². The van der Waals surface area contributed by atoms with E-state index in [1.165, 1.54) is 6.07 Å². The second-order valence-corrected chi connectivity index (χ2v) is 4.69. The first kappa shape index (κ1) is 14.9. The second kappa shape index (κ2) is 7.34. The minimum absolute atomic E-state index is 0.176. The predicted molar refractivity (Wildman–Crippen MR) is 75.3 cm³/mol. The van der Waals surface area contributed by atoms with Crippen LogP contribution in [0.4, 0.5) is 10.1 Å². The number of nitrogens with zero attached hydrogens (tertiary/aromatic N) is 2. The highest BCUT2D eigenvalue weighted by molar-refractivity contribution is 5.54. The molecular formula is C14H24FN3. The van der Waals surface area contributed by atoms with Crippen LogP contribution in [0.5, 0.6) is 0 Å². The van der Waals surface area contributed by atoms with Gasteiger partial charge in [-0.1, -0.05) is 12.1 Å². The number of hydrogen-bond acceptors (Lipinski definition) is 3. The van der Waals surface area contributed by atoms with Gasteiger partial charge in [0.15, 0.2) is 0 Å². The molecule has 1 aromatic rings. The Morgan fingerprint density at radius 1 is 1.22 bits per heavy atom. The fraction of sp³-hybridized carbons (Fsp3) is 0.571.